The minimum atomic E-state index is -4.31. The average molecular weight is 253 g/mol. The van der Waals surface area contributed by atoms with Crippen molar-refractivity contribution in [3.8, 4) is 0 Å². The summed E-state index contributed by atoms with van der Waals surface area (Å²) in [6.45, 7) is 0. The molecule has 0 amide bonds. The first kappa shape index (κ1) is 13.9. The Morgan fingerprint density at radius 1 is 1.12 bits per heavy atom. The molecule has 0 heterocycles. The van der Waals surface area contributed by atoms with Crippen molar-refractivity contribution < 1.29 is 22.0 Å². The first-order valence-electron chi connectivity index (χ1n) is 4.99. The number of nitrogens with one attached hydrogen (secondary N) is 1. The van der Waals surface area contributed by atoms with Gasteiger partial charge in [-0.3, -0.25) is 0 Å². The number of halogens is 5. The van der Waals surface area contributed by atoms with Crippen LogP contribution in [0.5, 0.6) is 0 Å². The van der Waals surface area contributed by atoms with Gasteiger partial charge in [0.15, 0.2) is 0 Å². The molecular weight excluding hydrogens is 241 g/mol. The van der Waals surface area contributed by atoms with E-state index in [2.05, 4.69) is 5.32 Å². The van der Waals surface area contributed by atoms with Crippen molar-refractivity contribution in [2.24, 2.45) is 0 Å². The van der Waals surface area contributed by atoms with Gasteiger partial charge in [0.2, 0.25) is 0 Å². The topological polar surface area (TPSA) is 12.0 Å². The minimum absolute atomic E-state index is 0.0787. The maximum atomic E-state index is 12.8. The van der Waals surface area contributed by atoms with Crippen LogP contribution in [-0.2, 0) is 6.42 Å². The van der Waals surface area contributed by atoms with E-state index in [-0.39, 0.29) is 12.0 Å². The first-order chi connectivity index (χ1) is 7.80. The molecule has 1 atom stereocenters. The highest BCUT2D eigenvalue weighted by Crippen LogP contribution is 2.23. The molecule has 6 heteroatoms. The van der Waals surface area contributed by atoms with Gasteiger partial charge >= 0.3 is 6.18 Å². The highest BCUT2D eigenvalue weighted by atomic mass is 19.4. The Morgan fingerprint density at radius 2 is 1.65 bits per heavy atom. The fraction of sp³-hybridized carbons (Fsp3) is 0.455. The summed E-state index contributed by atoms with van der Waals surface area (Å²) in [5.41, 5.74) is 0.200. The zero-order chi connectivity index (χ0) is 13.1. The molecule has 96 valence electrons. The van der Waals surface area contributed by atoms with Gasteiger partial charge in [0.25, 0.3) is 0 Å². The van der Waals surface area contributed by atoms with Crippen LogP contribution < -0.4 is 5.32 Å². The number of rotatable bonds is 4. The summed E-state index contributed by atoms with van der Waals surface area (Å²) in [7, 11) is 1.38. The molecule has 0 spiro atoms. The Bertz CT molecular complexity index is 354. The fourth-order valence-corrected chi connectivity index (χ4v) is 1.57. The molecule has 0 aliphatic rings. The second-order valence-corrected chi connectivity index (χ2v) is 3.79. The Hall–Kier alpha value is -1.17. The average Bonchev–Trinajstić information content (AvgIpc) is 2.12. The van der Waals surface area contributed by atoms with Gasteiger partial charge < -0.3 is 5.32 Å². The Balaban J connectivity index is 2.73. The summed E-state index contributed by atoms with van der Waals surface area (Å²) in [5, 5.41) is 2.48. The Kier molecular flexibility index (Phi) is 4.45. The van der Waals surface area contributed by atoms with E-state index >= 15 is 0 Å². The molecule has 1 N–H and O–H groups in total. The molecule has 1 unspecified atom stereocenters. The quantitative estimate of drug-likeness (QED) is 0.813. The summed E-state index contributed by atoms with van der Waals surface area (Å²) in [4.78, 5) is 0. The Morgan fingerprint density at radius 3 is 2.06 bits per heavy atom. The van der Waals surface area contributed by atoms with Crippen LogP contribution in [0.15, 0.2) is 18.2 Å². The normalized spacial score (nSPS) is 13.8. The summed E-state index contributed by atoms with van der Waals surface area (Å²) < 4.78 is 62.2. The third kappa shape index (κ3) is 5.12. The van der Waals surface area contributed by atoms with Crippen LogP contribution in [0.2, 0.25) is 0 Å². The standard InChI is InChI=1S/C11H12F5N/c1-17-10(6-11(14,15)16)4-7-2-8(12)5-9(13)3-7/h2-3,5,10,17H,4,6H2,1H3. The molecule has 0 saturated heterocycles. The molecule has 1 aromatic carbocycles. The van der Waals surface area contributed by atoms with E-state index in [9.17, 15) is 22.0 Å². The van der Waals surface area contributed by atoms with Crippen LogP contribution in [0.25, 0.3) is 0 Å². The van der Waals surface area contributed by atoms with Crippen molar-refractivity contribution in [2.75, 3.05) is 7.05 Å². The second kappa shape index (κ2) is 5.44. The molecule has 0 aliphatic carbocycles. The number of likely N-dealkylation sites (N-methyl/N-ethyl adjacent to an activating group) is 1. The lowest BCUT2D eigenvalue weighted by molar-refractivity contribution is -0.139. The van der Waals surface area contributed by atoms with Gasteiger partial charge in [-0.05, 0) is 31.2 Å². The van der Waals surface area contributed by atoms with E-state index in [1.165, 1.54) is 7.05 Å². The molecular formula is C11H12F5N. The number of hydrogen-bond donors (Lipinski definition) is 1. The van der Waals surface area contributed by atoms with E-state index in [0.717, 1.165) is 12.1 Å². The van der Waals surface area contributed by atoms with E-state index in [0.29, 0.717) is 6.07 Å². The summed E-state index contributed by atoms with van der Waals surface area (Å²) in [6.07, 6.45) is -5.42. The number of alkyl halides is 3. The molecule has 1 nitrogen and oxygen atoms in total. The smallest absolute Gasteiger partial charge is 0.316 e. The molecule has 0 bridgehead atoms. The fourth-order valence-electron chi connectivity index (χ4n) is 1.57. The summed E-state index contributed by atoms with van der Waals surface area (Å²) >= 11 is 0. The van der Waals surface area contributed by atoms with Crippen LogP contribution in [0.1, 0.15) is 12.0 Å². The van der Waals surface area contributed by atoms with E-state index in [1.54, 1.807) is 0 Å². The van der Waals surface area contributed by atoms with Crippen LogP contribution in [0.4, 0.5) is 22.0 Å². The van der Waals surface area contributed by atoms with Crippen molar-refractivity contribution in [3.63, 3.8) is 0 Å². The third-order valence-corrected chi connectivity index (χ3v) is 2.29. The lowest BCUT2D eigenvalue weighted by Gasteiger charge is -2.18. The van der Waals surface area contributed by atoms with Crippen molar-refractivity contribution in [1.82, 2.24) is 5.32 Å². The summed E-state index contributed by atoms with van der Waals surface area (Å²) in [5.74, 6) is -1.58. The molecule has 1 aromatic rings. The lowest BCUT2D eigenvalue weighted by atomic mass is 10.0. The van der Waals surface area contributed by atoms with Crippen LogP contribution in [0.3, 0.4) is 0 Å². The Labute approximate surface area is 95.6 Å². The van der Waals surface area contributed by atoms with E-state index in [1.807, 2.05) is 0 Å². The molecule has 1 rings (SSSR count). The number of benzene rings is 1. The van der Waals surface area contributed by atoms with Crippen molar-refractivity contribution in [1.29, 1.82) is 0 Å². The predicted molar refractivity (Wildman–Crippen MR) is 53.6 cm³/mol. The highest BCUT2D eigenvalue weighted by Gasteiger charge is 2.31. The highest BCUT2D eigenvalue weighted by molar-refractivity contribution is 5.19. The van der Waals surface area contributed by atoms with Gasteiger partial charge in [-0.15, -0.1) is 0 Å². The molecule has 0 fully saturated rings. The molecule has 17 heavy (non-hydrogen) atoms. The van der Waals surface area contributed by atoms with Gasteiger partial charge in [-0.1, -0.05) is 0 Å². The molecule has 0 aliphatic heterocycles. The van der Waals surface area contributed by atoms with Gasteiger partial charge in [-0.2, -0.15) is 13.2 Å². The van der Waals surface area contributed by atoms with Gasteiger partial charge in [0.05, 0.1) is 6.42 Å². The van der Waals surface area contributed by atoms with E-state index in [4.69, 9.17) is 0 Å². The molecule has 0 saturated carbocycles. The predicted octanol–water partition coefficient (Wildman–Crippen LogP) is 3.05. The van der Waals surface area contributed by atoms with Gasteiger partial charge in [0, 0.05) is 12.1 Å². The maximum Gasteiger partial charge on any atom is 0.390 e. The first-order valence-corrected chi connectivity index (χ1v) is 4.99. The molecule has 0 aromatic heterocycles. The maximum absolute atomic E-state index is 12.8. The third-order valence-electron chi connectivity index (χ3n) is 2.29. The monoisotopic (exact) mass is 253 g/mol. The van der Waals surface area contributed by atoms with Gasteiger partial charge in [-0.25, -0.2) is 8.78 Å². The van der Waals surface area contributed by atoms with Crippen LogP contribution in [0, 0.1) is 11.6 Å². The summed E-state index contributed by atoms with van der Waals surface area (Å²) in [6, 6.07) is 1.85. The molecule has 0 radical (unpaired) electrons. The zero-order valence-electron chi connectivity index (χ0n) is 9.11. The van der Waals surface area contributed by atoms with Crippen LogP contribution >= 0.6 is 0 Å². The van der Waals surface area contributed by atoms with Gasteiger partial charge in [0.1, 0.15) is 11.6 Å². The van der Waals surface area contributed by atoms with Crippen LogP contribution in [-0.4, -0.2) is 19.3 Å². The van der Waals surface area contributed by atoms with Crippen molar-refractivity contribution in [3.05, 3.63) is 35.4 Å². The zero-order valence-corrected chi connectivity index (χ0v) is 9.11. The lowest BCUT2D eigenvalue weighted by Crippen LogP contribution is -2.33. The largest absolute Gasteiger partial charge is 0.390 e. The second-order valence-electron chi connectivity index (χ2n) is 3.79. The van der Waals surface area contributed by atoms with E-state index < -0.39 is 30.3 Å². The minimum Gasteiger partial charge on any atom is -0.316 e. The SMILES string of the molecule is CNC(Cc1cc(F)cc(F)c1)CC(F)(F)F. The van der Waals surface area contributed by atoms with Crippen molar-refractivity contribution in [2.45, 2.75) is 25.1 Å². The van der Waals surface area contributed by atoms with Crippen molar-refractivity contribution >= 4 is 0 Å². The number of hydrogen-bond acceptors (Lipinski definition) is 1.